The predicted octanol–water partition coefficient (Wildman–Crippen LogP) is 2.49. The molecule has 2 unspecified atom stereocenters. The van der Waals surface area contributed by atoms with Crippen LogP contribution in [0.4, 0.5) is 0 Å². The lowest BCUT2D eigenvalue weighted by atomic mass is 10.0. The first kappa shape index (κ1) is 12.4. The molecule has 0 bridgehead atoms. The molecule has 2 nitrogen and oxygen atoms in total. The minimum absolute atomic E-state index is 0.690. The van der Waals surface area contributed by atoms with E-state index in [0.717, 1.165) is 17.9 Å². The molecule has 1 saturated heterocycles. The first-order valence-corrected chi connectivity index (χ1v) is 7.12. The maximum Gasteiger partial charge on any atom is 0.00965 e. The highest BCUT2D eigenvalue weighted by atomic mass is 15.2. The van der Waals surface area contributed by atoms with E-state index in [-0.39, 0.29) is 0 Å². The molecular formula is C14H28N2. The second-order valence-corrected chi connectivity index (χ2v) is 6.32. The van der Waals surface area contributed by atoms with Gasteiger partial charge < -0.3 is 10.2 Å². The molecule has 1 aliphatic carbocycles. The van der Waals surface area contributed by atoms with Crippen LogP contribution in [0.2, 0.25) is 0 Å². The standard InChI is InChI=1S/C14H28N2/c1-11(2)8-12(3)15-9-13-6-7-16(10-13)14-4-5-14/h11-15H,4-10H2,1-3H3. The Hall–Kier alpha value is -0.0800. The summed E-state index contributed by atoms with van der Waals surface area (Å²) in [5.41, 5.74) is 0. The number of likely N-dealkylation sites (tertiary alicyclic amines) is 1. The van der Waals surface area contributed by atoms with Gasteiger partial charge in [0.1, 0.15) is 0 Å². The van der Waals surface area contributed by atoms with E-state index < -0.39 is 0 Å². The molecule has 2 fully saturated rings. The fourth-order valence-corrected chi connectivity index (χ4v) is 2.96. The molecule has 2 aliphatic rings. The molecule has 1 aliphatic heterocycles. The predicted molar refractivity (Wildman–Crippen MR) is 69.6 cm³/mol. The molecule has 0 aromatic heterocycles. The second-order valence-electron chi connectivity index (χ2n) is 6.32. The van der Waals surface area contributed by atoms with Gasteiger partial charge in [0.15, 0.2) is 0 Å². The van der Waals surface area contributed by atoms with E-state index in [1.807, 2.05) is 0 Å². The number of rotatable bonds is 6. The van der Waals surface area contributed by atoms with Crippen molar-refractivity contribution in [1.29, 1.82) is 0 Å². The fourth-order valence-electron chi connectivity index (χ4n) is 2.96. The molecule has 16 heavy (non-hydrogen) atoms. The van der Waals surface area contributed by atoms with E-state index in [9.17, 15) is 0 Å². The molecule has 94 valence electrons. The quantitative estimate of drug-likeness (QED) is 0.746. The molecule has 2 heteroatoms. The molecule has 2 rings (SSSR count). The number of hydrogen-bond donors (Lipinski definition) is 1. The number of nitrogens with zero attached hydrogens (tertiary/aromatic N) is 1. The van der Waals surface area contributed by atoms with Gasteiger partial charge in [0.05, 0.1) is 0 Å². The van der Waals surface area contributed by atoms with E-state index >= 15 is 0 Å². The minimum Gasteiger partial charge on any atom is -0.314 e. The summed E-state index contributed by atoms with van der Waals surface area (Å²) in [4.78, 5) is 2.71. The lowest BCUT2D eigenvalue weighted by molar-refractivity contribution is 0.307. The first-order valence-electron chi connectivity index (χ1n) is 7.12. The molecule has 1 heterocycles. The molecule has 0 amide bonds. The van der Waals surface area contributed by atoms with E-state index in [1.54, 1.807) is 0 Å². The summed E-state index contributed by atoms with van der Waals surface area (Å²) in [5.74, 6) is 1.73. The smallest absolute Gasteiger partial charge is 0.00965 e. The second kappa shape index (κ2) is 5.50. The van der Waals surface area contributed by atoms with Crippen LogP contribution in [-0.4, -0.2) is 36.6 Å². The molecule has 2 atom stereocenters. The summed E-state index contributed by atoms with van der Waals surface area (Å²) < 4.78 is 0. The van der Waals surface area contributed by atoms with Crippen molar-refractivity contribution in [3.63, 3.8) is 0 Å². The topological polar surface area (TPSA) is 15.3 Å². The third kappa shape index (κ3) is 3.74. The van der Waals surface area contributed by atoms with Crippen molar-refractivity contribution in [3.05, 3.63) is 0 Å². The Morgan fingerprint density at radius 1 is 1.19 bits per heavy atom. The van der Waals surface area contributed by atoms with Crippen molar-refractivity contribution in [3.8, 4) is 0 Å². The van der Waals surface area contributed by atoms with E-state index in [0.29, 0.717) is 6.04 Å². The van der Waals surface area contributed by atoms with Crippen molar-refractivity contribution < 1.29 is 0 Å². The third-order valence-corrected chi connectivity index (χ3v) is 3.96. The van der Waals surface area contributed by atoms with Gasteiger partial charge in [-0.1, -0.05) is 13.8 Å². The SMILES string of the molecule is CC(C)CC(C)NCC1CCN(C2CC2)C1. The summed E-state index contributed by atoms with van der Waals surface area (Å²) in [6.07, 6.45) is 5.64. The Labute approximate surface area is 101 Å². The van der Waals surface area contributed by atoms with Crippen molar-refractivity contribution >= 4 is 0 Å². The largest absolute Gasteiger partial charge is 0.314 e. The summed E-state index contributed by atoms with van der Waals surface area (Å²) in [6, 6.07) is 1.66. The van der Waals surface area contributed by atoms with Crippen LogP contribution < -0.4 is 5.32 Å². The van der Waals surface area contributed by atoms with Gasteiger partial charge in [-0.25, -0.2) is 0 Å². The van der Waals surface area contributed by atoms with Crippen molar-refractivity contribution in [1.82, 2.24) is 10.2 Å². The van der Waals surface area contributed by atoms with E-state index in [4.69, 9.17) is 0 Å². The first-order chi connectivity index (χ1) is 7.65. The Kier molecular flexibility index (Phi) is 4.26. The highest BCUT2D eigenvalue weighted by Crippen LogP contribution is 2.31. The number of nitrogens with one attached hydrogen (secondary N) is 1. The van der Waals surface area contributed by atoms with E-state index in [1.165, 1.54) is 45.3 Å². The molecule has 0 spiro atoms. The normalized spacial score (nSPS) is 28.9. The lowest BCUT2D eigenvalue weighted by Gasteiger charge is -2.19. The average Bonchev–Trinajstić information content (AvgIpc) is 2.94. The van der Waals surface area contributed by atoms with Gasteiger partial charge in [-0.2, -0.15) is 0 Å². The van der Waals surface area contributed by atoms with Crippen molar-refractivity contribution in [2.75, 3.05) is 19.6 Å². The van der Waals surface area contributed by atoms with Crippen LogP contribution in [0.25, 0.3) is 0 Å². The Morgan fingerprint density at radius 3 is 2.56 bits per heavy atom. The van der Waals surface area contributed by atoms with Crippen molar-refractivity contribution in [2.24, 2.45) is 11.8 Å². The number of hydrogen-bond acceptors (Lipinski definition) is 2. The Bertz CT molecular complexity index is 211. The van der Waals surface area contributed by atoms with Gasteiger partial charge in [-0.3, -0.25) is 0 Å². The monoisotopic (exact) mass is 224 g/mol. The highest BCUT2D eigenvalue weighted by Gasteiger charge is 2.34. The zero-order valence-electron chi connectivity index (χ0n) is 11.2. The van der Waals surface area contributed by atoms with Crippen LogP contribution in [0, 0.1) is 11.8 Å². The van der Waals surface area contributed by atoms with Crippen LogP contribution in [0.15, 0.2) is 0 Å². The zero-order chi connectivity index (χ0) is 11.5. The maximum atomic E-state index is 3.71. The molecule has 1 saturated carbocycles. The van der Waals surface area contributed by atoms with Crippen LogP contribution >= 0.6 is 0 Å². The third-order valence-electron chi connectivity index (χ3n) is 3.96. The van der Waals surface area contributed by atoms with Gasteiger partial charge in [-0.05, 0) is 57.5 Å². The van der Waals surface area contributed by atoms with Gasteiger partial charge >= 0.3 is 0 Å². The maximum absolute atomic E-state index is 3.71. The highest BCUT2D eigenvalue weighted by molar-refractivity contribution is 4.90. The zero-order valence-corrected chi connectivity index (χ0v) is 11.2. The Balaban J connectivity index is 1.59. The van der Waals surface area contributed by atoms with Gasteiger partial charge in [0.25, 0.3) is 0 Å². The lowest BCUT2D eigenvalue weighted by Crippen LogP contribution is -2.33. The van der Waals surface area contributed by atoms with Crippen LogP contribution in [0.3, 0.4) is 0 Å². The van der Waals surface area contributed by atoms with Crippen LogP contribution in [-0.2, 0) is 0 Å². The summed E-state index contributed by atoms with van der Waals surface area (Å²) in [6.45, 7) is 10.9. The van der Waals surface area contributed by atoms with Crippen LogP contribution in [0.1, 0.15) is 46.5 Å². The molecule has 0 aromatic carbocycles. The molecule has 0 aromatic rings. The average molecular weight is 224 g/mol. The molecular weight excluding hydrogens is 196 g/mol. The van der Waals surface area contributed by atoms with Gasteiger partial charge in [0.2, 0.25) is 0 Å². The summed E-state index contributed by atoms with van der Waals surface area (Å²) >= 11 is 0. The van der Waals surface area contributed by atoms with Crippen LogP contribution in [0.5, 0.6) is 0 Å². The fraction of sp³-hybridized carbons (Fsp3) is 1.00. The van der Waals surface area contributed by atoms with E-state index in [2.05, 4.69) is 31.0 Å². The molecule has 0 radical (unpaired) electrons. The summed E-state index contributed by atoms with van der Waals surface area (Å²) in [7, 11) is 0. The van der Waals surface area contributed by atoms with Gasteiger partial charge in [0, 0.05) is 18.6 Å². The Morgan fingerprint density at radius 2 is 1.94 bits per heavy atom. The molecule has 1 N–H and O–H groups in total. The minimum atomic E-state index is 0.690. The van der Waals surface area contributed by atoms with Crippen molar-refractivity contribution in [2.45, 2.75) is 58.5 Å². The van der Waals surface area contributed by atoms with Gasteiger partial charge in [-0.15, -0.1) is 0 Å². The summed E-state index contributed by atoms with van der Waals surface area (Å²) in [5, 5.41) is 3.71.